The standard InChI is InChI=1S/C20H32N2O.ClH/c1-20(2,3)16-22(15-18-7-5-4-6-8-18)19(23)10-9-17-11-13-21-14-12-17;/h4-8,17,21H,9-16H2,1-3H3;1H. The highest BCUT2D eigenvalue weighted by molar-refractivity contribution is 5.85. The fraction of sp³-hybridized carbons (Fsp3) is 0.650. The van der Waals surface area contributed by atoms with Crippen molar-refractivity contribution in [2.24, 2.45) is 11.3 Å². The molecule has 1 aliphatic heterocycles. The van der Waals surface area contributed by atoms with Gasteiger partial charge in [-0.05, 0) is 49.2 Å². The highest BCUT2D eigenvalue weighted by Crippen LogP contribution is 2.21. The third-order valence-corrected chi connectivity index (χ3v) is 4.46. The normalized spacial score (nSPS) is 15.6. The lowest BCUT2D eigenvalue weighted by Gasteiger charge is -2.31. The number of nitrogens with one attached hydrogen (secondary N) is 1. The molecule has 0 saturated carbocycles. The monoisotopic (exact) mass is 352 g/mol. The minimum absolute atomic E-state index is 0. The van der Waals surface area contributed by atoms with E-state index >= 15 is 0 Å². The molecular weight excluding hydrogens is 320 g/mol. The van der Waals surface area contributed by atoms with Crippen LogP contribution in [0.5, 0.6) is 0 Å². The topological polar surface area (TPSA) is 32.3 Å². The molecule has 1 heterocycles. The zero-order chi connectivity index (χ0) is 16.7. The Labute approximate surface area is 153 Å². The summed E-state index contributed by atoms with van der Waals surface area (Å²) in [6.45, 7) is 10.3. The number of nitrogens with zero attached hydrogens (tertiary/aromatic N) is 1. The largest absolute Gasteiger partial charge is 0.338 e. The number of carbonyl (C=O) groups is 1. The molecule has 136 valence electrons. The molecule has 4 heteroatoms. The van der Waals surface area contributed by atoms with Crippen LogP contribution in [0, 0.1) is 11.3 Å². The molecule has 0 bridgehead atoms. The van der Waals surface area contributed by atoms with Crippen LogP contribution in [0.15, 0.2) is 30.3 Å². The Hall–Kier alpha value is -1.06. The highest BCUT2D eigenvalue weighted by Gasteiger charge is 2.22. The van der Waals surface area contributed by atoms with E-state index in [1.807, 2.05) is 18.2 Å². The van der Waals surface area contributed by atoms with Gasteiger partial charge in [-0.1, -0.05) is 51.1 Å². The van der Waals surface area contributed by atoms with Crippen molar-refractivity contribution >= 4 is 18.3 Å². The Morgan fingerprint density at radius 1 is 1.17 bits per heavy atom. The number of hydrogen-bond donors (Lipinski definition) is 1. The number of rotatable bonds is 6. The van der Waals surface area contributed by atoms with Crippen LogP contribution in [0.2, 0.25) is 0 Å². The molecule has 1 amide bonds. The Kier molecular flexibility index (Phi) is 8.79. The van der Waals surface area contributed by atoms with Crippen molar-refractivity contribution in [3.05, 3.63) is 35.9 Å². The van der Waals surface area contributed by atoms with Crippen LogP contribution in [-0.4, -0.2) is 30.4 Å². The fourth-order valence-electron chi connectivity index (χ4n) is 3.26. The molecule has 3 nitrogen and oxygen atoms in total. The maximum Gasteiger partial charge on any atom is 0.222 e. The Bertz CT molecular complexity index is 478. The predicted molar refractivity (Wildman–Crippen MR) is 103 cm³/mol. The van der Waals surface area contributed by atoms with Gasteiger partial charge in [-0.2, -0.15) is 0 Å². The Morgan fingerprint density at radius 3 is 2.38 bits per heavy atom. The van der Waals surface area contributed by atoms with Gasteiger partial charge in [0.2, 0.25) is 5.91 Å². The van der Waals surface area contributed by atoms with Crippen molar-refractivity contribution in [2.45, 2.75) is 53.0 Å². The summed E-state index contributed by atoms with van der Waals surface area (Å²) < 4.78 is 0. The zero-order valence-electron chi connectivity index (χ0n) is 15.4. The van der Waals surface area contributed by atoms with E-state index in [1.165, 1.54) is 18.4 Å². The van der Waals surface area contributed by atoms with Gasteiger partial charge in [0, 0.05) is 19.5 Å². The van der Waals surface area contributed by atoms with Crippen molar-refractivity contribution in [3.8, 4) is 0 Å². The summed E-state index contributed by atoms with van der Waals surface area (Å²) in [5.41, 5.74) is 1.34. The summed E-state index contributed by atoms with van der Waals surface area (Å²) in [5.74, 6) is 1.02. The van der Waals surface area contributed by atoms with E-state index in [4.69, 9.17) is 0 Å². The molecule has 0 aromatic heterocycles. The first-order valence-electron chi connectivity index (χ1n) is 8.96. The number of hydrogen-bond acceptors (Lipinski definition) is 2. The molecule has 0 spiro atoms. The van der Waals surface area contributed by atoms with Gasteiger partial charge in [-0.15, -0.1) is 12.4 Å². The minimum atomic E-state index is 0. The quantitative estimate of drug-likeness (QED) is 0.829. The van der Waals surface area contributed by atoms with Crippen LogP contribution in [0.3, 0.4) is 0 Å². The second kappa shape index (κ2) is 10.0. The van der Waals surface area contributed by atoms with E-state index in [0.29, 0.717) is 18.2 Å². The van der Waals surface area contributed by atoms with Crippen LogP contribution in [0.1, 0.15) is 52.0 Å². The smallest absolute Gasteiger partial charge is 0.222 e. The second-order valence-electron chi connectivity index (χ2n) is 8.03. The summed E-state index contributed by atoms with van der Waals surface area (Å²) in [7, 11) is 0. The summed E-state index contributed by atoms with van der Waals surface area (Å²) in [4.78, 5) is 14.8. The summed E-state index contributed by atoms with van der Waals surface area (Å²) in [6, 6.07) is 10.3. The van der Waals surface area contributed by atoms with Gasteiger partial charge >= 0.3 is 0 Å². The van der Waals surface area contributed by atoms with Crippen LogP contribution in [0.25, 0.3) is 0 Å². The van der Waals surface area contributed by atoms with Gasteiger partial charge in [-0.25, -0.2) is 0 Å². The van der Waals surface area contributed by atoms with Gasteiger partial charge in [0.1, 0.15) is 0 Å². The molecule has 24 heavy (non-hydrogen) atoms. The number of amides is 1. The number of halogens is 1. The lowest BCUT2D eigenvalue weighted by Crippen LogP contribution is -2.37. The van der Waals surface area contributed by atoms with Crippen LogP contribution < -0.4 is 5.32 Å². The molecule has 1 aromatic rings. The summed E-state index contributed by atoms with van der Waals surface area (Å²) >= 11 is 0. The molecule has 1 aliphatic rings. The first-order valence-corrected chi connectivity index (χ1v) is 8.96. The molecule has 0 radical (unpaired) electrons. The van der Waals surface area contributed by atoms with Gasteiger partial charge in [0.25, 0.3) is 0 Å². The lowest BCUT2D eigenvalue weighted by molar-refractivity contribution is -0.133. The first kappa shape index (κ1) is 21.0. The summed E-state index contributed by atoms with van der Waals surface area (Å²) in [5, 5.41) is 3.39. The number of carbonyl (C=O) groups excluding carboxylic acids is 1. The predicted octanol–water partition coefficient (Wildman–Crippen LogP) is 4.26. The van der Waals surface area contributed by atoms with Crippen molar-refractivity contribution in [2.75, 3.05) is 19.6 Å². The van der Waals surface area contributed by atoms with Crippen molar-refractivity contribution in [1.82, 2.24) is 10.2 Å². The van der Waals surface area contributed by atoms with Gasteiger partial charge < -0.3 is 10.2 Å². The van der Waals surface area contributed by atoms with Gasteiger partial charge in [0.05, 0.1) is 0 Å². The SMILES string of the molecule is CC(C)(C)CN(Cc1ccccc1)C(=O)CCC1CCNCC1.Cl. The lowest BCUT2D eigenvalue weighted by atomic mass is 9.92. The van der Waals surface area contributed by atoms with E-state index in [2.05, 4.69) is 43.1 Å². The van der Waals surface area contributed by atoms with Crippen molar-refractivity contribution in [1.29, 1.82) is 0 Å². The highest BCUT2D eigenvalue weighted by atomic mass is 35.5. The van der Waals surface area contributed by atoms with E-state index < -0.39 is 0 Å². The summed E-state index contributed by atoms with van der Waals surface area (Å²) in [6.07, 6.45) is 4.15. The molecule has 1 saturated heterocycles. The third kappa shape index (κ3) is 7.67. The number of benzene rings is 1. The molecule has 2 rings (SSSR count). The Balaban J connectivity index is 0.00000288. The molecule has 0 unspecified atom stereocenters. The minimum Gasteiger partial charge on any atom is -0.338 e. The molecule has 1 fully saturated rings. The van der Waals surface area contributed by atoms with E-state index in [9.17, 15) is 4.79 Å². The van der Waals surface area contributed by atoms with Crippen molar-refractivity contribution < 1.29 is 4.79 Å². The molecular formula is C20H33ClN2O. The third-order valence-electron chi connectivity index (χ3n) is 4.46. The van der Waals surface area contributed by atoms with Gasteiger partial charge in [0.15, 0.2) is 0 Å². The van der Waals surface area contributed by atoms with E-state index in [0.717, 1.165) is 32.6 Å². The number of piperidine rings is 1. The molecule has 0 aliphatic carbocycles. The molecule has 1 N–H and O–H groups in total. The van der Waals surface area contributed by atoms with E-state index in [1.54, 1.807) is 0 Å². The van der Waals surface area contributed by atoms with Crippen LogP contribution in [0.4, 0.5) is 0 Å². The molecule has 1 aromatic carbocycles. The fourth-order valence-corrected chi connectivity index (χ4v) is 3.26. The average Bonchev–Trinajstić information content (AvgIpc) is 2.53. The Morgan fingerprint density at radius 2 is 1.79 bits per heavy atom. The van der Waals surface area contributed by atoms with Gasteiger partial charge in [-0.3, -0.25) is 4.79 Å². The first-order chi connectivity index (χ1) is 10.9. The van der Waals surface area contributed by atoms with Crippen molar-refractivity contribution in [3.63, 3.8) is 0 Å². The molecule has 0 atom stereocenters. The van der Waals surface area contributed by atoms with Crippen LogP contribution in [-0.2, 0) is 11.3 Å². The van der Waals surface area contributed by atoms with Crippen LogP contribution >= 0.6 is 12.4 Å². The average molecular weight is 353 g/mol. The zero-order valence-corrected chi connectivity index (χ0v) is 16.2. The van der Waals surface area contributed by atoms with E-state index in [-0.39, 0.29) is 17.8 Å². The maximum absolute atomic E-state index is 12.8. The second-order valence-corrected chi connectivity index (χ2v) is 8.03. The maximum atomic E-state index is 12.8.